The van der Waals surface area contributed by atoms with Crippen LogP contribution in [0.5, 0.6) is 0 Å². The van der Waals surface area contributed by atoms with Crippen molar-refractivity contribution in [2.45, 2.75) is 46.0 Å². The van der Waals surface area contributed by atoms with Crippen LogP contribution in [0.3, 0.4) is 0 Å². The van der Waals surface area contributed by atoms with E-state index in [9.17, 15) is 5.11 Å². The van der Waals surface area contributed by atoms with Crippen molar-refractivity contribution in [3.8, 4) is 0 Å². The van der Waals surface area contributed by atoms with E-state index >= 15 is 0 Å². The summed E-state index contributed by atoms with van der Waals surface area (Å²) >= 11 is 0. The molecule has 1 spiro atoms. The fourth-order valence-corrected chi connectivity index (χ4v) is 3.95. The summed E-state index contributed by atoms with van der Waals surface area (Å²) in [5, 5.41) is 9.53. The van der Waals surface area contributed by atoms with E-state index < -0.39 is 0 Å². The molecule has 0 saturated heterocycles. The van der Waals surface area contributed by atoms with Crippen LogP contribution in [0.15, 0.2) is 0 Å². The van der Waals surface area contributed by atoms with Crippen molar-refractivity contribution in [2.24, 2.45) is 22.0 Å². The number of nitrogens with two attached hydrogens (primary N) is 1. The van der Waals surface area contributed by atoms with Gasteiger partial charge >= 0.3 is 0 Å². The molecule has 0 heterocycles. The molecule has 2 aliphatic rings. The van der Waals surface area contributed by atoms with Gasteiger partial charge in [0, 0.05) is 12.0 Å². The highest BCUT2D eigenvalue weighted by Crippen LogP contribution is 2.76. The zero-order valence-corrected chi connectivity index (χ0v) is 9.47. The third kappa shape index (κ3) is 1.04. The maximum Gasteiger partial charge on any atom is 0.0505 e. The summed E-state index contributed by atoms with van der Waals surface area (Å²) in [5.74, 6) is 0. The summed E-state index contributed by atoms with van der Waals surface area (Å²) in [6, 6.07) is 0. The van der Waals surface area contributed by atoms with Crippen LogP contribution in [0.4, 0.5) is 0 Å². The van der Waals surface area contributed by atoms with Crippen molar-refractivity contribution >= 4 is 0 Å². The average molecular weight is 197 g/mol. The lowest BCUT2D eigenvalue weighted by atomic mass is 9.62. The van der Waals surface area contributed by atoms with Crippen molar-refractivity contribution in [1.29, 1.82) is 0 Å². The maximum absolute atomic E-state index is 9.53. The van der Waals surface area contributed by atoms with Gasteiger partial charge in [0.25, 0.3) is 0 Å². The summed E-state index contributed by atoms with van der Waals surface area (Å²) in [6.07, 6.45) is 6.40. The molecule has 0 aromatic rings. The Morgan fingerprint density at radius 2 is 1.86 bits per heavy atom. The molecule has 2 saturated carbocycles. The lowest BCUT2D eigenvalue weighted by Gasteiger charge is -2.43. The summed E-state index contributed by atoms with van der Waals surface area (Å²) < 4.78 is 0. The fraction of sp³-hybridized carbons (Fsp3) is 1.00. The fourth-order valence-electron chi connectivity index (χ4n) is 3.95. The molecular weight excluding hydrogens is 174 g/mol. The van der Waals surface area contributed by atoms with Gasteiger partial charge in [0.1, 0.15) is 0 Å². The van der Waals surface area contributed by atoms with Crippen LogP contribution in [0.25, 0.3) is 0 Å². The summed E-state index contributed by atoms with van der Waals surface area (Å²) in [6.45, 7) is 5.66. The Bertz CT molecular complexity index is 232. The molecule has 0 bridgehead atoms. The normalized spacial score (nSPS) is 45.4. The first-order valence-corrected chi connectivity index (χ1v) is 5.85. The molecule has 2 unspecified atom stereocenters. The second-order valence-corrected chi connectivity index (χ2v) is 5.99. The van der Waals surface area contributed by atoms with Gasteiger partial charge in [0.05, 0.1) is 6.61 Å². The van der Waals surface area contributed by atoms with Gasteiger partial charge in [-0.1, -0.05) is 26.7 Å². The minimum absolute atomic E-state index is 0.0664. The number of rotatable bonds is 2. The Balaban J connectivity index is 2.25. The quantitative estimate of drug-likeness (QED) is 0.710. The molecule has 0 aromatic carbocycles. The molecule has 0 aromatic heterocycles. The van der Waals surface area contributed by atoms with E-state index in [1.165, 1.54) is 25.7 Å². The van der Waals surface area contributed by atoms with Gasteiger partial charge in [-0.25, -0.2) is 0 Å². The van der Waals surface area contributed by atoms with Crippen molar-refractivity contribution in [3.05, 3.63) is 0 Å². The van der Waals surface area contributed by atoms with Gasteiger partial charge in [-0.05, 0) is 30.1 Å². The number of hydrogen-bond acceptors (Lipinski definition) is 2. The predicted molar refractivity (Wildman–Crippen MR) is 57.9 cm³/mol. The van der Waals surface area contributed by atoms with Gasteiger partial charge in [-0.2, -0.15) is 0 Å². The van der Waals surface area contributed by atoms with Gasteiger partial charge < -0.3 is 10.8 Å². The Morgan fingerprint density at radius 3 is 2.29 bits per heavy atom. The number of hydrogen-bond donors (Lipinski definition) is 2. The van der Waals surface area contributed by atoms with Gasteiger partial charge in [0.15, 0.2) is 0 Å². The van der Waals surface area contributed by atoms with E-state index in [0.717, 1.165) is 6.42 Å². The second-order valence-electron chi connectivity index (χ2n) is 5.99. The standard InChI is InChI=1S/C12H23NO/c1-10(2)5-3-4-6-12(10)7-11(12,8-13)9-14/h14H,3-9,13H2,1-2H3. The molecule has 0 amide bonds. The molecule has 0 aliphatic heterocycles. The molecule has 3 N–H and O–H groups in total. The largest absolute Gasteiger partial charge is 0.396 e. The van der Waals surface area contributed by atoms with E-state index in [1.54, 1.807) is 0 Å². The Kier molecular flexibility index (Phi) is 2.20. The molecule has 2 rings (SSSR count). The zero-order valence-electron chi connectivity index (χ0n) is 9.47. The Labute approximate surface area is 86.9 Å². The topological polar surface area (TPSA) is 46.2 Å². The summed E-state index contributed by atoms with van der Waals surface area (Å²) in [7, 11) is 0. The molecular formula is C12H23NO. The Morgan fingerprint density at radius 1 is 1.21 bits per heavy atom. The van der Waals surface area contributed by atoms with E-state index in [-0.39, 0.29) is 12.0 Å². The van der Waals surface area contributed by atoms with Crippen LogP contribution in [0, 0.1) is 16.2 Å². The lowest BCUT2D eigenvalue weighted by Crippen LogP contribution is -2.38. The second kappa shape index (κ2) is 2.96. The first-order valence-electron chi connectivity index (χ1n) is 5.85. The van der Waals surface area contributed by atoms with Crippen molar-refractivity contribution in [1.82, 2.24) is 0 Å². The summed E-state index contributed by atoms with van der Waals surface area (Å²) in [4.78, 5) is 0. The minimum atomic E-state index is 0.0664. The van der Waals surface area contributed by atoms with Crippen LogP contribution in [0.1, 0.15) is 46.0 Å². The highest BCUT2D eigenvalue weighted by molar-refractivity contribution is 5.21. The number of aliphatic hydroxyl groups is 1. The third-order valence-corrected chi connectivity index (χ3v) is 5.17. The van der Waals surface area contributed by atoms with Crippen LogP contribution in [0.2, 0.25) is 0 Å². The van der Waals surface area contributed by atoms with E-state index in [4.69, 9.17) is 5.73 Å². The van der Waals surface area contributed by atoms with E-state index in [1.807, 2.05) is 0 Å². The zero-order chi connectivity index (χ0) is 10.4. The van der Waals surface area contributed by atoms with Crippen LogP contribution >= 0.6 is 0 Å². The van der Waals surface area contributed by atoms with Crippen LogP contribution in [-0.4, -0.2) is 18.3 Å². The molecule has 2 aliphatic carbocycles. The van der Waals surface area contributed by atoms with Crippen LogP contribution in [-0.2, 0) is 0 Å². The maximum atomic E-state index is 9.53. The summed E-state index contributed by atoms with van der Waals surface area (Å²) in [5.41, 5.74) is 6.66. The molecule has 14 heavy (non-hydrogen) atoms. The SMILES string of the molecule is CC1(C)CCCCC12CC2(CN)CO. The predicted octanol–water partition coefficient (Wildman–Crippen LogP) is 1.91. The molecule has 2 heteroatoms. The van der Waals surface area contributed by atoms with Crippen LogP contribution < -0.4 is 5.73 Å². The molecule has 0 radical (unpaired) electrons. The molecule has 2 nitrogen and oxygen atoms in total. The van der Waals surface area contributed by atoms with Crippen molar-refractivity contribution in [2.75, 3.05) is 13.2 Å². The minimum Gasteiger partial charge on any atom is -0.396 e. The van der Waals surface area contributed by atoms with Crippen molar-refractivity contribution in [3.63, 3.8) is 0 Å². The third-order valence-electron chi connectivity index (χ3n) is 5.17. The number of aliphatic hydroxyl groups excluding tert-OH is 1. The van der Waals surface area contributed by atoms with Gasteiger partial charge in [-0.15, -0.1) is 0 Å². The molecule has 2 atom stereocenters. The molecule has 2 fully saturated rings. The average Bonchev–Trinajstić information content (AvgIpc) is 2.82. The van der Waals surface area contributed by atoms with E-state index in [0.29, 0.717) is 17.4 Å². The Hall–Kier alpha value is -0.0800. The smallest absolute Gasteiger partial charge is 0.0505 e. The van der Waals surface area contributed by atoms with Gasteiger partial charge in [0.2, 0.25) is 0 Å². The van der Waals surface area contributed by atoms with E-state index in [2.05, 4.69) is 13.8 Å². The monoisotopic (exact) mass is 197 g/mol. The highest BCUT2D eigenvalue weighted by Gasteiger charge is 2.71. The van der Waals surface area contributed by atoms with Crippen molar-refractivity contribution < 1.29 is 5.11 Å². The first-order chi connectivity index (χ1) is 6.54. The lowest BCUT2D eigenvalue weighted by molar-refractivity contribution is 0.0476. The molecule has 82 valence electrons. The first kappa shape index (κ1) is 10.4. The van der Waals surface area contributed by atoms with Gasteiger partial charge in [-0.3, -0.25) is 0 Å². The highest BCUT2D eigenvalue weighted by atomic mass is 16.3.